The first-order chi connectivity index (χ1) is 8.88. The Hall–Kier alpha value is -1.04. The fourth-order valence-corrected chi connectivity index (χ4v) is 3.71. The molecule has 0 atom stereocenters. The average molecular weight is 361 g/mol. The van der Waals surface area contributed by atoms with Gasteiger partial charge in [-0.1, -0.05) is 39.7 Å². The van der Waals surface area contributed by atoms with E-state index in [0.29, 0.717) is 16.3 Å². The van der Waals surface area contributed by atoms with Crippen LogP contribution in [-0.4, -0.2) is 8.42 Å². The highest BCUT2D eigenvalue weighted by Gasteiger charge is 2.17. The Morgan fingerprint density at radius 2 is 1.89 bits per heavy atom. The van der Waals surface area contributed by atoms with E-state index in [1.54, 1.807) is 30.3 Å². The molecule has 0 saturated heterocycles. The summed E-state index contributed by atoms with van der Waals surface area (Å²) >= 11 is 9.09. The van der Waals surface area contributed by atoms with Gasteiger partial charge in [-0.25, -0.2) is 8.42 Å². The van der Waals surface area contributed by atoms with Gasteiger partial charge >= 0.3 is 0 Å². The SMILES string of the molecule is Nc1cc(Br)ccc1CS(=O)(=O)c1cccc(Cl)c1. The third kappa shape index (κ3) is 3.49. The third-order valence-electron chi connectivity index (χ3n) is 2.61. The van der Waals surface area contributed by atoms with Gasteiger partial charge in [-0.2, -0.15) is 0 Å². The second kappa shape index (κ2) is 5.53. The van der Waals surface area contributed by atoms with Crippen LogP contribution in [0.3, 0.4) is 0 Å². The highest BCUT2D eigenvalue weighted by Crippen LogP contribution is 2.24. The van der Waals surface area contributed by atoms with E-state index in [1.807, 2.05) is 0 Å². The second-order valence-electron chi connectivity index (χ2n) is 4.06. The molecule has 2 N–H and O–H groups in total. The number of hydrogen-bond acceptors (Lipinski definition) is 3. The lowest BCUT2D eigenvalue weighted by Crippen LogP contribution is -2.07. The van der Waals surface area contributed by atoms with E-state index < -0.39 is 9.84 Å². The van der Waals surface area contributed by atoms with Gasteiger partial charge in [-0.3, -0.25) is 0 Å². The molecular weight excluding hydrogens is 350 g/mol. The standard InChI is InChI=1S/C13H11BrClNO2S/c14-10-5-4-9(13(16)6-10)8-19(17,18)12-3-1-2-11(15)7-12/h1-7H,8,16H2. The van der Waals surface area contributed by atoms with Crippen LogP contribution >= 0.6 is 27.5 Å². The van der Waals surface area contributed by atoms with Crippen molar-refractivity contribution >= 4 is 43.1 Å². The zero-order valence-corrected chi connectivity index (χ0v) is 13.0. The van der Waals surface area contributed by atoms with Gasteiger partial charge in [0.05, 0.1) is 10.6 Å². The lowest BCUT2D eigenvalue weighted by Gasteiger charge is -2.08. The van der Waals surface area contributed by atoms with Gasteiger partial charge in [0.25, 0.3) is 0 Å². The summed E-state index contributed by atoms with van der Waals surface area (Å²) in [5, 5.41) is 0.393. The normalized spacial score (nSPS) is 11.5. The average Bonchev–Trinajstić information content (AvgIpc) is 2.33. The molecule has 0 amide bonds. The number of halogens is 2. The first-order valence-corrected chi connectivity index (χ1v) is 8.23. The monoisotopic (exact) mass is 359 g/mol. The Morgan fingerprint density at radius 1 is 1.16 bits per heavy atom. The second-order valence-corrected chi connectivity index (χ2v) is 7.40. The van der Waals surface area contributed by atoms with Crippen LogP contribution in [-0.2, 0) is 15.6 Å². The maximum Gasteiger partial charge on any atom is 0.182 e. The molecule has 0 aromatic heterocycles. The molecule has 0 aliphatic carbocycles. The summed E-state index contributed by atoms with van der Waals surface area (Å²) in [7, 11) is -3.45. The van der Waals surface area contributed by atoms with Crippen molar-refractivity contribution in [3.8, 4) is 0 Å². The van der Waals surface area contributed by atoms with E-state index in [0.717, 1.165) is 4.47 Å². The topological polar surface area (TPSA) is 60.2 Å². The molecule has 0 aliphatic rings. The molecule has 0 unspecified atom stereocenters. The minimum absolute atomic E-state index is 0.146. The highest BCUT2D eigenvalue weighted by atomic mass is 79.9. The molecule has 2 rings (SSSR count). The molecule has 0 spiro atoms. The van der Waals surface area contributed by atoms with Gasteiger partial charge in [0.1, 0.15) is 0 Å². The summed E-state index contributed by atoms with van der Waals surface area (Å²) in [5.41, 5.74) is 6.83. The summed E-state index contributed by atoms with van der Waals surface area (Å²) in [6.45, 7) is 0. The number of sulfone groups is 1. The first kappa shape index (κ1) is 14.4. The van der Waals surface area contributed by atoms with E-state index >= 15 is 0 Å². The number of benzene rings is 2. The molecule has 100 valence electrons. The lowest BCUT2D eigenvalue weighted by molar-refractivity contribution is 0.595. The zero-order chi connectivity index (χ0) is 14.0. The Morgan fingerprint density at radius 3 is 2.53 bits per heavy atom. The third-order valence-corrected chi connectivity index (χ3v) is 5.00. The van der Waals surface area contributed by atoms with Crippen LogP contribution in [0.15, 0.2) is 51.8 Å². The molecule has 0 radical (unpaired) electrons. The molecule has 0 aliphatic heterocycles. The molecule has 2 aromatic rings. The molecule has 0 saturated carbocycles. The predicted molar refractivity (Wildman–Crippen MR) is 80.9 cm³/mol. The first-order valence-electron chi connectivity index (χ1n) is 5.41. The van der Waals surface area contributed by atoms with Crippen molar-refractivity contribution in [2.24, 2.45) is 0 Å². The number of nitrogen functional groups attached to an aromatic ring is 1. The van der Waals surface area contributed by atoms with Crippen molar-refractivity contribution in [1.29, 1.82) is 0 Å². The minimum atomic E-state index is -3.45. The van der Waals surface area contributed by atoms with Crippen molar-refractivity contribution in [2.45, 2.75) is 10.6 Å². The van der Waals surface area contributed by atoms with Crippen LogP contribution < -0.4 is 5.73 Å². The van der Waals surface area contributed by atoms with Crippen LogP contribution in [0.2, 0.25) is 5.02 Å². The molecule has 2 aromatic carbocycles. The van der Waals surface area contributed by atoms with E-state index in [1.165, 1.54) is 12.1 Å². The summed E-state index contributed by atoms with van der Waals surface area (Å²) in [4.78, 5) is 0.197. The van der Waals surface area contributed by atoms with E-state index in [9.17, 15) is 8.42 Å². The van der Waals surface area contributed by atoms with Gasteiger partial charge in [0, 0.05) is 15.2 Å². The predicted octanol–water partition coefficient (Wildman–Crippen LogP) is 3.66. The van der Waals surface area contributed by atoms with Crippen molar-refractivity contribution in [3.05, 3.63) is 57.5 Å². The summed E-state index contributed by atoms with van der Waals surface area (Å²) < 4.78 is 25.3. The van der Waals surface area contributed by atoms with Crippen molar-refractivity contribution < 1.29 is 8.42 Å². The highest BCUT2D eigenvalue weighted by molar-refractivity contribution is 9.10. The Balaban J connectivity index is 2.36. The lowest BCUT2D eigenvalue weighted by atomic mass is 10.2. The minimum Gasteiger partial charge on any atom is -0.398 e. The summed E-state index contributed by atoms with van der Waals surface area (Å²) in [6.07, 6.45) is 0. The smallest absolute Gasteiger partial charge is 0.182 e. The number of hydrogen-bond donors (Lipinski definition) is 1. The Labute approximate surface area is 125 Å². The van der Waals surface area contributed by atoms with Crippen LogP contribution in [0.4, 0.5) is 5.69 Å². The molecular formula is C13H11BrClNO2S. The molecule has 19 heavy (non-hydrogen) atoms. The van der Waals surface area contributed by atoms with Gasteiger partial charge in [0.15, 0.2) is 9.84 Å². The van der Waals surface area contributed by atoms with Gasteiger partial charge in [-0.15, -0.1) is 0 Å². The Kier molecular flexibility index (Phi) is 4.18. The Bertz CT molecular complexity index is 716. The van der Waals surface area contributed by atoms with E-state index in [2.05, 4.69) is 15.9 Å². The van der Waals surface area contributed by atoms with Gasteiger partial charge < -0.3 is 5.73 Å². The van der Waals surface area contributed by atoms with Crippen molar-refractivity contribution in [1.82, 2.24) is 0 Å². The molecule has 0 bridgehead atoms. The van der Waals surface area contributed by atoms with Gasteiger partial charge in [0.2, 0.25) is 0 Å². The summed E-state index contributed by atoms with van der Waals surface area (Å²) in [5.74, 6) is -0.146. The molecule has 6 heteroatoms. The van der Waals surface area contributed by atoms with Crippen LogP contribution in [0.1, 0.15) is 5.56 Å². The summed E-state index contributed by atoms with van der Waals surface area (Å²) in [6, 6.07) is 11.3. The quantitative estimate of drug-likeness (QED) is 0.850. The largest absolute Gasteiger partial charge is 0.398 e. The fraction of sp³-hybridized carbons (Fsp3) is 0.0769. The van der Waals surface area contributed by atoms with E-state index in [-0.39, 0.29) is 10.6 Å². The number of anilines is 1. The van der Waals surface area contributed by atoms with Crippen LogP contribution in [0.5, 0.6) is 0 Å². The zero-order valence-electron chi connectivity index (χ0n) is 9.81. The fourth-order valence-electron chi connectivity index (χ4n) is 1.65. The van der Waals surface area contributed by atoms with Crippen molar-refractivity contribution in [2.75, 3.05) is 5.73 Å². The van der Waals surface area contributed by atoms with Crippen LogP contribution in [0.25, 0.3) is 0 Å². The van der Waals surface area contributed by atoms with Crippen LogP contribution in [0, 0.1) is 0 Å². The van der Waals surface area contributed by atoms with Gasteiger partial charge in [-0.05, 0) is 35.9 Å². The maximum atomic E-state index is 12.3. The maximum absolute atomic E-state index is 12.3. The molecule has 3 nitrogen and oxygen atoms in total. The number of rotatable bonds is 3. The molecule has 0 fully saturated rings. The molecule has 0 heterocycles. The van der Waals surface area contributed by atoms with E-state index in [4.69, 9.17) is 17.3 Å². The number of nitrogens with two attached hydrogens (primary N) is 1. The van der Waals surface area contributed by atoms with Crippen molar-refractivity contribution in [3.63, 3.8) is 0 Å².